The fraction of sp³-hybridized carbons (Fsp3) is 0.0229. The average Bonchev–Trinajstić information content (AvgIpc) is 0.796. The maximum absolute atomic E-state index is 6.75. The lowest BCUT2D eigenvalue weighted by atomic mass is 9.84. The molecular formula is C131H86O6. The van der Waals surface area contributed by atoms with E-state index in [4.69, 9.17) is 30.6 Å². The SMILES string of the molecule is [2H]C.[2H]C.[2H]C.c1ccc(-c2c3ccccc3c(-c3cccc4c3oc3ccc5oc6ccccc6c5c34)c3ccccc23)cc1.c1ccc(-c2ccc3c(-c4c5ccccc5c(-c5ccc6oc7ccc8oc9ccccc9c8c7c6c5)c5ccccc45)cccc3c2)cc1.c1ccc2c(-c3c4ccccc4c(-c4cccc5c4oc4cc6oc7ccccc7c6cc45)c4ccccc34)cccc2c1. The molecule has 0 saturated carbocycles. The van der Waals surface area contributed by atoms with Crippen molar-refractivity contribution in [3.63, 3.8) is 0 Å². The van der Waals surface area contributed by atoms with Crippen molar-refractivity contribution in [3.05, 3.63) is 449 Å². The van der Waals surface area contributed by atoms with Gasteiger partial charge in [-0.2, -0.15) is 0 Å². The van der Waals surface area contributed by atoms with Gasteiger partial charge in [0.25, 0.3) is 0 Å². The quantitative estimate of drug-likeness (QED) is 0.148. The Morgan fingerprint density at radius 2 is 0.423 bits per heavy atom. The second-order valence-corrected chi connectivity index (χ2v) is 35.2. The number of rotatable bonds is 7. The van der Waals surface area contributed by atoms with Gasteiger partial charge in [0.15, 0.2) is 0 Å². The Bertz CT molecular complexity index is 10000. The molecule has 0 aliphatic rings. The molecule has 0 radical (unpaired) electrons. The highest BCUT2D eigenvalue weighted by atomic mass is 16.4. The van der Waals surface area contributed by atoms with Gasteiger partial charge in [-0.15, -0.1) is 0 Å². The first-order chi connectivity index (χ1) is 69.5. The van der Waals surface area contributed by atoms with Crippen LogP contribution in [0.4, 0.5) is 0 Å². The lowest BCUT2D eigenvalue weighted by Crippen LogP contribution is -1.91. The van der Waals surface area contributed by atoms with E-state index < -0.39 is 0 Å². The number of fused-ring (bicyclic) bond motifs is 28. The summed E-state index contributed by atoms with van der Waals surface area (Å²) in [5.74, 6) is 0. The molecule has 137 heavy (non-hydrogen) atoms. The van der Waals surface area contributed by atoms with Crippen LogP contribution in [-0.4, -0.2) is 0 Å². The van der Waals surface area contributed by atoms with Crippen LogP contribution in [0.15, 0.2) is 475 Å². The number of furan rings is 6. The zero-order valence-electron chi connectivity index (χ0n) is 78.2. The lowest BCUT2D eigenvalue weighted by molar-refractivity contribution is 0.656. The van der Waals surface area contributed by atoms with E-state index in [2.05, 4.69) is 382 Å². The standard InChI is InChI=1S/C48H28O2.C42H24O2.C38H22O2.3CH4/c1-2-11-29(12-3-1)30-21-23-33-31(27-30)13-10-19-34(33)46-37-16-6-4-14-35(37)45(36-15-5-7-17-38(36)46)32-22-24-42-40(28-32)48-44(50-42)26-25-43-47(48)39-18-8-9-20-41(39)49-43;1-2-13-26-25(11-1)12-9-19-28(26)40-29-15-3-5-17-31(29)41(32-18-6-4-16-30(32)40)34-21-10-20-33-36-23-35-27-14-7-8-22-37(27)43-38(35)24-39(36)44-42(33)34;1-2-11-23(12-3-1)34-24-13-4-6-15-26(24)35(27-16-7-5-14-25(27)34)29-18-10-19-30-37-33(40-38(29)30)22-21-32-36(37)28-17-8-9-20-31(28)39-32;;;/h1-28H;1-24H;1-22H;3*1H4/i;;;3*1D. The van der Waals surface area contributed by atoms with Gasteiger partial charge in [-0.3, -0.25) is 0 Å². The normalized spacial score (nSPS) is 11.9. The minimum absolute atomic E-state index is 0.833. The van der Waals surface area contributed by atoms with Gasteiger partial charge in [-0.05, 0) is 209 Å². The summed E-state index contributed by atoms with van der Waals surface area (Å²) in [5.41, 5.74) is 27.4. The molecule has 6 heterocycles. The fourth-order valence-electron chi connectivity index (χ4n) is 22.3. The Kier molecular flexibility index (Phi) is 18.3. The lowest BCUT2D eigenvalue weighted by Gasteiger charge is -2.19. The van der Waals surface area contributed by atoms with Gasteiger partial charge < -0.3 is 26.5 Å². The molecule has 24 aromatic carbocycles. The maximum Gasteiger partial charge on any atom is 0.143 e. The third-order valence-electron chi connectivity index (χ3n) is 28.0. The zero-order chi connectivity index (χ0) is 93.7. The van der Waals surface area contributed by atoms with E-state index in [0.29, 0.717) is 0 Å². The van der Waals surface area contributed by atoms with Crippen molar-refractivity contribution in [1.29, 1.82) is 0 Å². The minimum Gasteiger partial charge on any atom is -0.456 e. The molecule has 0 aliphatic heterocycles. The molecule has 0 bridgehead atoms. The van der Waals surface area contributed by atoms with Gasteiger partial charge in [0.1, 0.15) is 67.0 Å². The Morgan fingerprint density at radius 1 is 0.131 bits per heavy atom. The summed E-state index contributed by atoms with van der Waals surface area (Å²) < 4.78 is 55.9. The van der Waals surface area contributed by atoms with Crippen LogP contribution in [0.1, 0.15) is 26.3 Å². The first kappa shape index (κ1) is 77.9. The molecular weight excluding hydrogens is 1670 g/mol. The number of hydrogen-bond acceptors (Lipinski definition) is 6. The Morgan fingerprint density at radius 3 is 0.927 bits per heavy atom. The summed E-state index contributed by atoms with van der Waals surface area (Å²) in [5, 5.41) is 33.0. The highest BCUT2D eigenvalue weighted by molar-refractivity contribution is 6.33. The van der Waals surface area contributed by atoms with Crippen LogP contribution in [0.25, 0.3) is 296 Å². The smallest absolute Gasteiger partial charge is 0.143 e. The first-order valence-corrected chi connectivity index (χ1v) is 45.7. The van der Waals surface area contributed by atoms with Crippen molar-refractivity contribution >= 4 is 218 Å². The largest absolute Gasteiger partial charge is 0.456 e. The van der Waals surface area contributed by atoms with Crippen LogP contribution in [0, 0.1) is 0 Å². The van der Waals surface area contributed by atoms with Crippen LogP contribution in [-0.2, 0) is 0 Å². The second kappa shape index (κ2) is 32.3. The van der Waals surface area contributed by atoms with Crippen LogP contribution < -0.4 is 0 Å². The molecule has 0 amide bonds. The van der Waals surface area contributed by atoms with Crippen molar-refractivity contribution in [3.8, 4) is 77.9 Å². The van der Waals surface area contributed by atoms with Gasteiger partial charge in [-0.1, -0.05) is 398 Å². The van der Waals surface area contributed by atoms with Gasteiger partial charge in [-0.25, -0.2) is 0 Å². The molecule has 0 atom stereocenters. The van der Waals surface area contributed by atoms with E-state index in [0.717, 1.165) is 148 Å². The molecule has 0 unspecified atom stereocenters. The number of benzene rings is 24. The van der Waals surface area contributed by atoms with Crippen molar-refractivity contribution in [2.24, 2.45) is 0 Å². The monoisotopic (exact) mass is 1760 g/mol. The number of hydrogen-bond donors (Lipinski definition) is 0. The molecule has 0 spiro atoms. The van der Waals surface area contributed by atoms with Crippen LogP contribution in [0.5, 0.6) is 0 Å². The Labute approximate surface area is 792 Å². The fourth-order valence-corrected chi connectivity index (χ4v) is 22.3. The summed E-state index contributed by atoms with van der Waals surface area (Å²) in [6.45, 7) is 0. The Hall–Kier alpha value is -17.8. The summed E-state index contributed by atoms with van der Waals surface area (Å²) in [6, 6.07) is 160. The Balaban J connectivity index is 0.000000109. The molecule has 6 nitrogen and oxygen atoms in total. The summed E-state index contributed by atoms with van der Waals surface area (Å²) in [6.07, 6.45) is 0. The molecule has 646 valence electrons. The van der Waals surface area contributed by atoms with E-state index in [-0.39, 0.29) is 0 Å². The molecule has 6 heteroatoms. The van der Waals surface area contributed by atoms with Crippen molar-refractivity contribution < 1.29 is 30.6 Å². The highest BCUT2D eigenvalue weighted by Crippen LogP contribution is 2.54. The van der Waals surface area contributed by atoms with E-state index in [1.165, 1.54) is 170 Å². The highest BCUT2D eigenvalue weighted by Gasteiger charge is 2.28. The summed E-state index contributed by atoms with van der Waals surface area (Å²) >= 11 is 0. The molecule has 0 fully saturated rings. The van der Waals surface area contributed by atoms with E-state index >= 15 is 0 Å². The zero-order valence-corrected chi connectivity index (χ0v) is 75.2. The minimum atomic E-state index is 0.833. The third kappa shape index (κ3) is 12.6. The molecule has 0 N–H and O–H groups in total. The van der Waals surface area contributed by atoms with Gasteiger partial charge in [0.2, 0.25) is 0 Å². The van der Waals surface area contributed by atoms with Crippen LogP contribution in [0.3, 0.4) is 0 Å². The van der Waals surface area contributed by atoms with Gasteiger partial charge in [0.05, 0.1) is 0 Å². The first-order valence-electron chi connectivity index (χ1n) is 48.7. The van der Waals surface area contributed by atoms with E-state index in [9.17, 15) is 0 Å². The number of para-hydroxylation sites is 5. The van der Waals surface area contributed by atoms with Crippen LogP contribution >= 0.6 is 0 Å². The van der Waals surface area contributed by atoms with Gasteiger partial charge in [0, 0.05) is 97.1 Å². The topological polar surface area (TPSA) is 78.8 Å². The molecule has 30 aromatic rings. The average molecular weight is 1760 g/mol. The molecule has 0 aliphatic carbocycles. The maximum atomic E-state index is 6.75. The van der Waals surface area contributed by atoms with Crippen LogP contribution in [0.2, 0.25) is 0 Å². The van der Waals surface area contributed by atoms with Crippen molar-refractivity contribution in [1.82, 2.24) is 0 Å². The second-order valence-electron chi connectivity index (χ2n) is 35.2. The summed E-state index contributed by atoms with van der Waals surface area (Å²) in [7, 11) is 3.75. The van der Waals surface area contributed by atoms with Crippen molar-refractivity contribution in [2.75, 3.05) is 0 Å². The van der Waals surface area contributed by atoms with Gasteiger partial charge >= 0.3 is 0 Å². The molecule has 30 rings (SSSR count). The van der Waals surface area contributed by atoms with E-state index in [1.54, 1.807) is 0 Å². The summed E-state index contributed by atoms with van der Waals surface area (Å²) in [4.78, 5) is 0. The van der Waals surface area contributed by atoms with Crippen molar-refractivity contribution in [2.45, 2.75) is 22.2 Å². The predicted octanol–water partition coefficient (Wildman–Crippen LogP) is 39.3. The van der Waals surface area contributed by atoms with E-state index in [1.807, 2.05) is 66.7 Å². The molecule has 0 saturated heterocycles. The predicted molar refractivity (Wildman–Crippen MR) is 581 cm³/mol. The molecule has 6 aromatic heterocycles. The third-order valence-corrected chi connectivity index (χ3v) is 28.0.